The van der Waals surface area contributed by atoms with Gasteiger partial charge in [0.05, 0.1) is 0 Å². The summed E-state index contributed by atoms with van der Waals surface area (Å²) in [6, 6.07) is 0. The molecule has 0 aromatic heterocycles. The van der Waals surface area contributed by atoms with Crippen molar-refractivity contribution in [2.24, 2.45) is 0 Å². The normalized spacial score (nSPS) is 21.8. The number of hydrogen-bond donors (Lipinski definition) is 1. The van der Waals surface area contributed by atoms with Crippen LogP contribution in [0.4, 0.5) is 8.78 Å². The summed E-state index contributed by atoms with van der Waals surface area (Å²) in [6.45, 7) is 1.49. The SMILES string of the molecule is CC(F)(F)S(=O)(=O)N1CCNCC1. The lowest BCUT2D eigenvalue weighted by atomic mass is 10.4. The van der Waals surface area contributed by atoms with Crippen LogP contribution in [0.5, 0.6) is 0 Å². The average Bonchev–Trinajstić information content (AvgIpc) is 2.04. The van der Waals surface area contributed by atoms with Crippen LogP contribution < -0.4 is 5.32 Å². The van der Waals surface area contributed by atoms with E-state index in [9.17, 15) is 17.2 Å². The third-order valence-electron chi connectivity index (χ3n) is 1.87. The van der Waals surface area contributed by atoms with Crippen molar-refractivity contribution in [3.8, 4) is 0 Å². The van der Waals surface area contributed by atoms with Gasteiger partial charge >= 0.3 is 5.25 Å². The lowest BCUT2D eigenvalue weighted by Crippen LogP contribution is -2.50. The molecule has 0 aliphatic carbocycles. The minimum absolute atomic E-state index is 0.117. The highest BCUT2D eigenvalue weighted by molar-refractivity contribution is 7.90. The van der Waals surface area contributed by atoms with Gasteiger partial charge in [0, 0.05) is 33.1 Å². The molecular formula is C6H12F2N2O2S. The van der Waals surface area contributed by atoms with Crippen molar-refractivity contribution in [1.29, 1.82) is 0 Å². The maximum Gasteiger partial charge on any atom is 0.356 e. The van der Waals surface area contributed by atoms with Gasteiger partial charge in [-0.25, -0.2) is 8.42 Å². The fraction of sp³-hybridized carbons (Fsp3) is 1.00. The first-order chi connectivity index (χ1) is 5.86. The maximum atomic E-state index is 12.6. The second kappa shape index (κ2) is 3.47. The van der Waals surface area contributed by atoms with Crippen LogP contribution in [0.25, 0.3) is 0 Å². The Morgan fingerprint density at radius 3 is 2.15 bits per heavy atom. The zero-order valence-corrected chi connectivity index (χ0v) is 8.07. The Labute approximate surface area is 76.0 Å². The van der Waals surface area contributed by atoms with Gasteiger partial charge in [0.2, 0.25) is 0 Å². The predicted molar refractivity (Wildman–Crippen MR) is 44.0 cm³/mol. The molecule has 0 spiro atoms. The Bertz CT molecular complexity index is 267. The molecule has 4 nitrogen and oxygen atoms in total. The number of hydrogen-bond acceptors (Lipinski definition) is 3. The lowest BCUT2D eigenvalue weighted by Gasteiger charge is -2.28. The van der Waals surface area contributed by atoms with Gasteiger partial charge < -0.3 is 5.32 Å². The number of nitrogens with one attached hydrogen (secondary N) is 1. The summed E-state index contributed by atoms with van der Waals surface area (Å²) in [6.07, 6.45) is 0. The van der Waals surface area contributed by atoms with E-state index in [-0.39, 0.29) is 13.1 Å². The second-order valence-electron chi connectivity index (χ2n) is 2.96. The van der Waals surface area contributed by atoms with E-state index < -0.39 is 15.3 Å². The number of piperazine rings is 1. The van der Waals surface area contributed by atoms with E-state index in [2.05, 4.69) is 5.32 Å². The second-order valence-corrected chi connectivity index (χ2v) is 5.15. The Hall–Kier alpha value is -0.270. The molecule has 7 heteroatoms. The van der Waals surface area contributed by atoms with Crippen molar-refractivity contribution in [3.63, 3.8) is 0 Å². The van der Waals surface area contributed by atoms with Gasteiger partial charge in [-0.15, -0.1) is 0 Å². The van der Waals surface area contributed by atoms with Crippen LogP contribution >= 0.6 is 0 Å². The van der Waals surface area contributed by atoms with Crippen LogP contribution in [0.15, 0.2) is 0 Å². The van der Waals surface area contributed by atoms with Gasteiger partial charge in [-0.1, -0.05) is 0 Å². The Kier molecular flexibility index (Phi) is 2.88. The Morgan fingerprint density at radius 2 is 1.77 bits per heavy atom. The first-order valence-corrected chi connectivity index (χ1v) is 5.38. The van der Waals surface area contributed by atoms with Gasteiger partial charge in [0.1, 0.15) is 0 Å². The summed E-state index contributed by atoms with van der Waals surface area (Å²) >= 11 is 0. The Morgan fingerprint density at radius 1 is 1.31 bits per heavy atom. The molecule has 1 aliphatic rings. The first-order valence-electron chi connectivity index (χ1n) is 3.94. The number of alkyl halides is 2. The van der Waals surface area contributed by atoms with E-state index in [1.807, 2.05) is 0 Å². The number of halogens is 2. The summed E-state index contributed by atoms with van der Waals surface area (Å²) in [5.41, 5.74) is 0. The van der Waals surface area contributed by atoms with Crippen molar-refractivity contribution < 1.29 is 17.2 Å². The van der Waals surface area contributed by atoms with Crippen molar-refractivity contribution in [3.05, 3.63) is 0 Å². The fourth-order valence-electron chi connectivity index (χ4n) is 1.11. The van der Waals surface area contributed by atoms with Gasteiger partial charge in [-0.2, -0.15) is 13.1 Å². The van der Waals surface area contributed by atoms with Crippen molar-refractivity contribution in [2.45, 2.75) is 12.2 Å². The third-order valence-corrected chi connectivity index (χ3v) is 3.82. The first kappa shape index (κ1) is 10.8. The van der Waals surface area contributed by atoms with Crippen molar-refractivity contribution in [1.82, 2.24) is 9.62 Å². The minimum Gasteiger partial charge on any atom is -0.314 e. The molecule has 0 aromatic carbocycles. The molecule has 13 heavy (non-hydrogen) atoms. The summed E-state index contributed by atoms with van der Waals surface area (Å²) in [7, 11) is -4.44. The number of sulfonamides is 1. The molecule has 1 aliphatic heterocycles. The molecule has 0 radical (unpaired) electrons. The lowest BCUT2D eigenvalue weighted by molar-refractivity contribution is 0.103. The Balaban J connectivity index is 2.80. The molecule has 0 bridgehead atoms. The highest BCUT2D eigenvalue weighted by Gasteiger charge is 2.44. The van der Waals surface area contributed by atoms with Crippen LogP contribution in [0.1, 0.15) is 6.92 Å². The molecule has 1 rings (SSSR count). The molecule has 0 atom stereocenters. The van der Waals surface area contributed by atoms with E-state index in [0.29, 0.717) is 20.0 Å². The smallest absolute Gasteiger partial charge is 0.314 e. The largest absolute Gasteiger partial charge is 0.356 e. The number of rotatable bonds is 2. The van der Waals surface area contributed by atoms with Crippen LogP contribution in [0, 0.1) is 0 Å². The van der Waals surface area contributed by atoms with Crippen molar-refractivity contribution >= 4 is 10.0 Å². The van der Waals surface area contributed by atoms with Crippen LogP contribution in [-0.2, 0) is 10.0 Å². The van der Waals surface area contributed by atoms with Gasteiger partial charge in [-0.3, -0.25) is 0 Å². The predicted octanol–water partition coefficient (Wildman–Crippen LogP) is -0.166. The minimum atomic E-state index is -4.44. The fourth-order valence-corrected chi connectivity index (χ4v) is 2.23. The van der Waals surface area contributed by atoms with Gasteiger partial charge in [-0.05, 0) is 0 Å². The zero-order chi connectivity index (χ0) is 10.1. The molecule has 1 N–H and O–H groups in total. The van der Waals surface area contributed by atoms with Crippen molar-refractivity contribution in [2.75, 3.05) is 26.2 Å². The molecule has 0 amide bonds. The summed E-state index contributed by atoms with van der Waals surface area (Å²) in [4.78, 5) is 0. The molecule has 1 saturated heterocycles. The van der Waals surface area contributed by atoms with Crippen LogP contribution in [-0.4, -0.2) is 44.2 Å². The van der Waals surface area contributed by atoms with Crippen LogP contribution in [0.3, 0.4) is 0 Å². The molecular weight excluding hydrogens is 202 g/mol. The van der Waals surface area contributed by atoms with Gasteiger partial charge in [0.15, 0.2) is 0 Å². The van der Waals surface area contributed by atoms with E-state index >= 15 is 0 Å². The third kappa shape index (κ3) is 2.15. The molecule has 1 heterocycles. The topological polar surface area (TPSA) is 49.4 Å². The quantitative estimate of drug-likeness (QED) is 0.694. The number of nitrogens with zero attached hydrogens (tertiary/aromatic N) is 1. The molecule has 1 fully saturated rings. The average molecular weight is 214 g/mol. The highest BCUT2D eigenvalue weighted by atomic mass is 32.2. The molecule has 0 aromatic rings. The zero-order valence-electron chi connectivity index (χ0n) is 7.26. The van der Waals surface area contributed by atoms with Crippen LogP contribution in [0.2, 0.25) is 0 Å². The van der Waals surface area contributed by atoms with E-state index in [4.69, 9.17) is 0 Å². The van der Waals surface area contributed by atoms with Gasteiger partial charge in [0.25, 0.3) is 10.0 Å². The monoisotopic (exact) mass is 214 g/mol. The highest BCUT2D eigenvalue weighted by Crippen LogP contribution is 2.24. The van der Waals surface area contributed by atoms with E-state index in [1.54, 1.807) is 0 Å². The van der Waals surface area contributed by atoms with E-state index in [1.165, 1.54) is 0 Å². The molecule has 0 saturated carbocycles. The molecule has 78 valence electrons. The molecule has 0 unspecified atom stereocenters. The summed E-state index contributed by atoms with van der Waals surface area (Å²) in [5.74, 6) is 0. The maximum absolute atomic E-state index is 12.6. The van der Waals surface area contributed by atoms with E-state index in [0.717, 1.165) is 4.31 Å². The summed E-state index contributed by atoms with van der Waals surface area (Å²) in [5, 5.41) is -0.789. The standard InChI is InChI=1S/C6H12F2N2O2S/c1-6(7,8)13(11,12)10-4-2-9-3-5-10/h9H,2-5H2,1H3. The summed E-state index contributed by atoms with van der Waals surface area (Å²) < 4.78 is 48.4.